The van der Waals surface area contributed by atoms with Gasteiger partial charge in [0.25, 0.3) is 0 Å². The summed E-state index contributed by atoms with van der Waals surface area (Å²) in [5.74, 6) is -0.485. The molecule has 8 heteroatoms. The Balaban J connectivity index is 3.29. The molecule has 0 radical (unpaired) electrons. The fraction of sp³-hybridized carbons (Fsp3) is 0.636. The van der Waals surface area contributed by atoms with E-state index in [1.165, 1.54) is 21.0 Å². The van der Waals surface area contributed by atoms with E-state index in [4.69, 9.17) is 4.74 Å². The summed E-state index contributed by atoms with van der Waals surface area (Å²) in [5.41, 5.74) is -2.14. The summed E-state index contributed by atoms with van der Waals surface area (Å²) in [5, 5.41) is 0. The zero-order chi connectivity index (χ0) is 14.7. The Morgan fingerprint density at radius 2 is 1.58 bits per heavy atom. The third kappa shape index (κ3) is 3.01. The second kappa shape index (κ2) is 5.68. The molecule has 0 bridgehead atoms. The van der Waals surface area contributed by atoms with Gasteiger partial charge in [0.2, 0.25) is 0 Å². The summed E-state index contributed by atoms with van der Waals surface area (Å²) >= 11 is 0. The second-order valence-corrected chi connectivity index (χ2v) is 4.22. The lowest BCUT2D eigenvalue weighted by atomic mass is 10.3. The van der Waals surface area contributed by atoms with Gasteiger partial charge in [0.05, 0.1) is 6.54 Å². The van der Waals surface area contributed by atoms with Crippen molar-refractivity contribution in [3.63, 3.8) is 0 Å². The molecule has 0 saturated heterocycles. The fourth-order valence-electron chi connectivity index (χ4n) is 1.68. The standard InChI is InChI=1S/C11H17N3O5/c1-5-8(19-7(2)15)6-14-10(17)12(3)9(16)13(4)11(14)18/h8H,5-6H2,1-4H3. The first-order valence-electron chi connectivity index (χ1n) is 5.83. The molecule has 106 valence electrons. The minimum absolute atomic E-state index is 0.0737. The molecule has 1 atom stereocenters. The normalized spacial score (nSPS) is 12.2. The zero-order valence-electron chi connectivity index (χ0n) is 11.4. The summed E-state index contributed by atoms with van der Waals surface area (Å²) in [7, 11) is 2.57. The number of hydrogen-bond acceptors (Lipinski definition) is 5. The number of ether oxygens (including phenoxy) is 1. The summed E-state index contributed by atoms with van der Waals surface area (Å²) in [6, 6.07) is 0. The van der Waals surface area contributed by atoms with Crippen LogP contribution >= 0.6 is 0 Å². The van der Waals surface area contributed by atoms with E-state index in [1.54, 1.807) is 6.92 Å². The minimum Gasteiger partial charge on any atom is -0.461 e. The number of rotatable bonds is 4. The van der Waals surface area contributed by atoms with Crippen LogP contribution in [0, 0.1) is 0 Å². The van der Waals surface area contributed by atoms with E-state index < -0.39 is 29.1 Å². The van der Waals surface area contributed by atoms with Crippen molar-refractivity contribution in [2.24, 2.45) is 14.1 Å². The second-order valence-electron chi connectivity index (χ2n) is 4.22. The molecule has 1 unspecified atom stereocenters. The molecule has 0 aromatic carbocycles. The van der Waals surface area contributed by atoms with Crippen LogP contribution in [0.3, 0.4) is 0 Å². The molecular formula is C11H17N3O5. The van der Waals surface area contributed by atoms with Gasteiger partial charge < -0.3 is 4.74 Å². The van der Waals surface area contributed by atoms with Gasteiger partial charge in [-0.05, 0) is 6.42 Å². The van der Waals surface area contributed by atoms with Crippen LogP contribution in [0.4, 0.5) is 0 Å². The van der Waals surface area contributed by atoms with Crippen LogP contribution in [0.15, 0.2) is 14.4 Å². The van der Waals surface area contributed by atoms with Crippen molar-refractivity contribution in [3.8, 4) is 0 Å². The van der Waals surface area contributed by atoms with Gasteiger partial charge >= 0.3 is 23.0 Å². The molecule has 0 fully saturated rings. The molecule has 1 aromatic heterocycles. The highest BCUT2D eigenvalue weighted by molar-refractivity contribution is 5.66. The molecule has 19 heavy (non-hydrogen) atoms. The van der Waals surface area contributed by atoms with Gasteiger partial charge in [-0.1, -0.05) is 6.92 Å². The Hall–Kier alpha value is -2.12. The highest BCUT2D eigenvalue weighted by Gasteiger charge is 2.16. The lowest BCUT2D eigenvalue weighted by molar-refractivity contribution is -0.147. The lowest BCUT2D eigenvalue weighted by Crippen LogP contribution is -2.53. The van der Waals surface area contributed by atoms with Crippen molar-refractivity contribution < 1.29 is 9.53 Å². The van der Waals surface area contributed by atoms with Gasteiger partial charge in [-0.2, -0.15) is 0 Å². The number of carbonyl (C=O) groups is 1. The van der Waals surface area contributed by atoms with Crippen molar-refractivity contribution in [2.45, 2.75) is 32.9 Å². The zero-order valence-corrected chi connectivity index (χ0v) is 11.4. The largest absolute Gasteiger partial charge is 0.461 e. The first-order chi connectivity index (χ1) is 8.79. The molecule has 0 saturated carbocycles. The number of hydrogen-bond donors (Lipinski definition) is 0. The van der Waals surface area contributed by atoms with Crippen LogP contribution in [0.2, 0.25) is 0 Å². The fourth-order valence-corrected chi connectivity index (χ4v) is 1.68. The molecule has 8 nitrogen and oxygen atoms in total. The summed E-state index contributed by atoms with van der Waals surface area (Å²) in [6.45, 7) is 2.95. The lowest BCUT2D eigenvalue weighted by Gasteiger charge is -2.16. The van der Waals surface area contributed by atoms with Gasteiger partial charge in [0.15, 0.2) is 0 Å². The van der Waals surface area contributed by atoms with Crippen molar-refractivity contribution in [1.29, 1.82) is 0 Å². The monoisotopic (exact) mass is 271 g/mol. The van der Waals surface area contributed by atoms with E-state index in [1.807, 2.05) is 0 Å². The third-order valence-corrected chi connectivity index (χ3v) is 2.78. The topological polar surface area (TPSA) is 92.3 Å². The Kier molecular flexibility index (Phi) is 4.47. The maximum absolute atomic E-state index is 11.9. The highest BCUT2D eigenvalue weighted by Crippen LogP contribution is 1.99. The molecule has 1 rings (SSSR count). The van der Waals surface area contributed by atoms with Crippen LogP contribution in [0.5, 0.6) is 0 Å². The Labute approximate surface area is 108 Å². The van der Waals surface area contributed by atoms with Crippen molar-refractivity contribution >= 4 is 5.97 Å². The molecular weight excluding hydrogens is 254 g/mol. The van der Waals surface area contributed by atoms with E-state index in [9.17, 15) is 19.2 Å². The number of nitrogens with zero attached hydrogens (tertiary/aromatic N) is 3. The average Bonchev–Trinajstić information content (AvgIpc) is 2.37. The summed E-state index contributed by atoms with van der Waals surface area (Å²) in [6.07, 6.45) is -0.127. The Morgan fingerprint density at radius 3 is 1.95 bits per heavy atom. The minimum atomic E-state index is -0.723. The average molecular weight is 271 g/mol. The van der Waals surface area contributed by atoms with E-state index >= 15 is 0 Å². The van der Waals surface area contributed by atoms with Crippen molar-refractivity contribution in [2.75, 3.05) is 0 Å². The van der Waals surface area contributed by atoms with Crippen LogP contribution < -0.4 is 17.1 Å². The summed E-state index contributed by atoms with van der Waals surface area (Å²) in [4.78, 5) is 46.2. The highest BCUT2D eigenvalue weighted by atomic mass is 16.5. The molecule has 0 aliphatic rings. The maximum atomic E-state index is 11.9. The molecule has 0 aliphatic heterocycles. The van der Waals surface area contributed by atoms with Gasteiger partial charge in [-0.15, -0.1) is 0 Å². The predicted molar refractivity (Wildman–Crippen MR) is 67.0 cm³/mol. The quantitative estimate of drug-likeness (QED) is 0.627. The van der Waals surface area contributed by atoms with Crippen molar-refractivity contribution in [1.82, 2.24) is 13.7 Å². The van der Waals surface area contributed by atoms with Crippen LogP contribution in [0.1, 0.15) is 20.3 Å². The van der Waals surface area contributed by atoms with Gasteiger partial charge in [-0.25, -0.2) is 28.1 Å². The van der Waals surface area contributed by atoms with E-state index in [-0.39, 0.29) is 6.54 Å². The molecule has 1 aromatic rings. The van der Waals surface area contributed by atoms with Crippen LogP contribution in [-0.4, -0.2) is 25.8 Å². The predicted octanol–water partition coefficient (Wildman–Crippen LogP) is -1.41. The van der Waals surface area contributed by atoms with Gasteiger partial charge in [0, 0.05) is 21.0 Å². The summed E-state index contributed by atoms with van der Waals surface area (Å²) < 4.78 is 7.55. The first-order valence-corrected chi connectivity index (χ1v) is 5.83. The third-order valence-electron chi connectivity index (χ3n) is 2.78. The molecule has 0 spiro atoms. The molecule has 0 amide bonds. The first kappa shape index (κ1) is 14.9. The van der Waals surface area contributed by atoms with Crippen LogP contribution in [0.25, 0.3) is 0 Å². The van der Waals surface area contributed by atoms with Crippen molar-refractivity contribution in [3.05, 3.63) is 31.5 Å². The number of carbonyl (C=O) groups excluding carboxylic acids is 1. The maximum Gasteiger partial charge on any atom is 0.336 e. The van der Waals surface area contributed by atoms with E-state index in [0.717, 1.165) is 13.7 Å². The molecule has 0 N–H and O–H groups in total. The smallest absolute Gasteiger partial charge is 0.336 e. The van der Waals surface area contributed by atoms with Gasteiger partial charge in [-0.3, -0.25) is 4.79 Å². The van der Waals surface area contributed by atoms with E-state index in [2.05, 4.69) is 0 Å². The number of esters is 1. The van der Waals surface area contributed by atoms with Crippen LogP contribution in [-0.2, 0) is 30.2 Å². The number of aromatic nitrogens is 3. The molecule has 0 aliphatic carbocycles. The Bertz CT molecular complexity index is 612. The molecule has 1 heterocycles. The SMILES string of the molecule is CCC(Cn1c(=O)n(C)c(=O)n(C)c1=O)OC(C)=O. The van der Waals surface area contributed by atoms with Gasteiger partial charge in [0.1, 0.15) is 6.10 Å². The van der Waals surface area contributed by atoms with E-state index in [0.29, 0.717) is 6.42 Å². The Morgan fingerprint density at radius 1 is 1.11 bits per heavy atom.